The molecule has 1 fully saturated rings. The average Bonchev–Trinajstić information content (AvgIpc) is 2.88. The SMILES string of the molecule is NC[C@H]1CC[C@@H](C(=O)Nc2ccc(C(N)=O)cc2)O1. The normalized spacial score (nSPS) is 22.2. The monoisotopic (exact) mass is 263 g/mol. The zero-order valence-electron chi connectivity index (χ0n) is 10.5. The number of ether oxygens (including phenoxy) is 1. The highest BCUT2D eigenvalue weighted by atomic mass is 16.5. The van der Waals surface area contributed by atoms with Gasteiger partial charge in [-0.2, -0.15) is 0 Å². The molecule has 2 atom stereocenters. The van der Waals surface area contributed by atoms with Crippen LogP contribution in [0.5, 0.6) is 0 Å². The average molecular weight is 263 g/mol. The molecule has 0 bridgehead atoms. The fourth-order valence-corrected chi connectivity index (χ4v) is 2.01. The van der Waals surface area contributed by atoms with E-state index >= 15 is 0 Å². The van der Waals surface area contributed by atoms with E-state index in [1.54, 1.807) is 24.3 Å². The Bertz CT molecular complexity index is 473. The molecule has 5 N–H and O–H groups in total. The highest BCUT2D eigenvalue weighted by molar-refractivity contribution is 5.96. The summed E-state index contributed by atoms with van der Waals surface area (Å²) >= 11 is 0. The van der Waals surface area contributed by atoms with Gasteiger partial charge in [-0.15, -0.1) is 0 Å². The van der Waals surface area contributed by atoms with Gasteiger partial charge in [-0.1, -0.05) is 0 Å². The predicted molar refractivity (Wildman–Crippen MR) is 70.5 cm³/mol. The van der Waals surface area contributed by atoms with Crippen molar-refractivity contribution in [1.29, 1.82) is 0 Å². The molecule has 0 aromatic heterocycles. The van der Waals surface area contributed by atoms with Crippen molar-refractivity contribution in [3.8, 4) is 0 Å². The lowest BCUT2D eigenvalue weighted by Crippen LogP contribution is -2.29. The Morgan fingerprint density at radius 1 is 1.26 bits per heavy atom. The number of anilines is 1. The second-order valence-corrected chi connectivity index (χ2v) is 4.49. The standard InChI is InChI=1S/C13H17N3O3/c14-7-10-5-6-11(19-10)13(18)16-9-3-1-8(2-4-9)12(15)17/h1-4,10-11H,5-7,14H2,(H2,15,17)(H,16,18)/t10-,11+/m1/s1. The van der Waals surface area contributed by atoms with E-state index < -0.39 is 12.0 Å². The number of hydrogen-bond donors (Lipinski definition) is 3. The summed E-state index contributed by atoms with van der Waals surface area (Å²) in [5.41, 5.74) is 11.6. The molecule has 1 aromatic carbocycles. The van der Waals surface area contributed by atoms with E-state index in [1.165, 1.54) is 0 Å². The van der Waals surface area contributed by atoms with Gasteiger partial charge in [0.25, 0.3) is 5.91 Å². The van der Waals surface area contributed by atoms with Crippen molar-refractivity contribution < 1.29 is 14.3 Å². The molecule has 0 unspecified atom stereocenters. The van der Waals surface area contributed by atoms with Gasteiger partial charge in [-0.3, -0.25) is 9.59 Å². The van der Waals surface area contributed by atoms with Crippen LogP contribution >= 0.6 is 0 Å². The van der Waals surface area contributed by atoms with Gasteiger partial charge in [0.15, 0.2) is 0 Å². The lowest BCUT2D eigenvalue weighted by molar-refractivity contribution is -0.126. The Morgan fingerprint density at radius 2 is 1.95 bits per heavy atom. The smallest absolute Gasteiger partial charge is 0.253 e. The molecule has 19 heavy (non-hydrogen) atoms. The third kappa shape index (κ3) is 3.30. The molecule has 2 amide bonds. The molecular weight excluding hydrogens is 246 g/mol. The van der Waals surface area contributed by atoms with Crippen LogP contribution in [0.1, 0.15) is 23.2 Å². The van der Waals surface area contributed by atoms with Gasteiger partial charge >= 0.3 is 0 Å². The third-order valence-corrected chi connectivity index (χ3v) is 3.10. The Hall–Kier alpha value is -1.92. The van der Waals surface area contributed by atoms with Crippen LogP contribution in [0.4, 0.5) is 5.69 Å². The zero-order chi connectivity index (χ0) is 13.8. The molecule has 6 heteroatoms. The van der Waals surface area contributed by atoms with Crippen molar-refractivity contribution in [2.24, 2.45) is 11.5 Å². The van der Waals surface area contributed by atoms with Gasteiger partial charge in [0.1, 0.15) is 6.10 Å². The van der Waals surface area contributed by atoms with Gasteiger partial charge in [0, 0.05) is 17.8 Å². The molecule has 6 nitrogen and oxygen atoms in total. The lowest BCUT2D eigenvalue weighted by Gasteiger charge is -2.12. The van der Waals surface area contributed by atoms with Crippen molar-refractivity contribution in [2.45, 2.75) is 25.0 Å². The molecule has 0 radical (unpaired) electrons. The first-order valence-electron chi connectivity index (χ1n) is 6.16. The van der Waals surface area contributed by atoms with Gasteiger partial charge in [-0.05, 0) is 37.1 Å². The Morgan fingerprint density at radius 3 is 2.47 bits per heavy atom. The summed E-state index contributed by atoms with van der Waals surface area (Å²) in [6.45, 7) is 0.428. The number of amides is 2. The summed E-state index contributed by atoms with van der Waals surface area (Å²) in [6, 6.07) is 6.40. The number of rotatable bonds is 4. The number of hydrogen-bond acceptors (Lipinski definition) is 4. The highest BCUT2D eigenvalue weighted by Gasteiger charge is 2.29. The van der Waals surface area contributed by atoms with E-state index in [4.69, 9.17) is 16.2 Å². The molecule has 1 saturated heterocycles. The summed E-state index contributed by atoms with van der Waals surface area (Å²) in [7, 11) is 0. The Balaban J connectivity index is 1.94. The van der Waals surface area contributed by atoms with E-state index in [0.29, 0.717) is 24.2 Å². The summed E-state index contributed by atoms with van der Waals surface area (Å²) in [6.07, 6.45) is 0.986. The van der Waals surface area contributed by atoms with Crippen LogP contribution < -0.4 is 16.8 Å². The number of carbonyl (C=O) groups excluding carboxylic acids is 2. The zero-order valence-corrected chi connectivity index (χ0v) is 10.5. The van der Waals surface area contributed by atoms with Crippen molar-refractivity contribution in [2.75, 3.05) is 11.9 Å². The van der Waals surface area contributed by atoms with Crippen LogP contribution in [-0.2, 0) is 9.53 Å². The van der Waals surface area contributed by atoms with Crippen LogP contribution in [0.15, 0.2) is 24.3 Å². The first kappa shape index (κ1) is 13.5. The van der Waals surface area contributed by atoms with Crippen LogP contribution in [0.25, 0.3) is 0 Å². The summed E-state index contributed by atoms with van der Waals surface area (Å²) < 4.78 is 5.50. The minimum atomic E-state index is -0.497. The van der Waals surface area contributed by atoms with Gasteiger partial charge in [0.05, 0.1) is 6.10 Å². The van der Waals surface area contributed by atoms with Crippen LogP contribution in [-0.4, -0.2) is 30.6 Å². The van der Waals surface area contributed by atoms with Crippen LogP contribution in [0.2, 0.25) is 0 Å². The fraction of sp³-hybridized carbons (Fsp3) is 0.385. The number of nitrogens with two attached hydrogens (primary N) is 2. The van der Waals surface area contributed by atoms with Crippen molar-refractivity contribution >= 4 is 17.5 Å². The van der Waals surface area contributed by atoms with Gasteiger partial charge in [0.2, 0.25) is 5.91 Å². The first-order chi connectivity index (χ1) is 9.10. The molecule has 0 spiro atoms. The number of primary amides is 1. The van der Waals surface area contributed by atoms with Crippen molar-refractivity contribution in [3.05, 3.63) is 29.8 Å². The van der Waals surface area contributed by atoms with E-state index in [0.717, 1.165) is 6.42 Å². The van der Waals surface area contributed by atoms with E-state index in [1.807, 2.05) is 0 Å². The summed E-state index contributed by atoms with van der Waals surface area (Å²) in [5, 5.41) is 2.74. The molecule has 1 aromatic rings. The molecular formula is C13H17N3O3. The molecule has 0 saturated carbocycles. The predicted octanol–water partition coefficient (Wildman–Crippen LogP) is 0.230. The summed E-state index contributed by atoms with van der Waals surface area (Å²) in [4.78, 5) is 22.8. The molecule has 1 heterocycles. The van der Waals surface area contributed by atoms with Crippen LogP contribution in [0.3, 0.4) is 0 Å². The highest BCUT2D eigenvalue weighted by Crippen LogP contribution is 2.20. The number of nitrogens with one attached hydrogen (secondary N) is 1. The molecule has 102 valence electrons. The van der Waals surface area contributed by atoms with Crippen LogP contribution in [0, 0.1) is 0 Å². The van der Waals surface area contributed by atoms with Crippen molar-refractivity contribution in [1.82, 2.24) is 0 Å². The van der Waals surface area contributed by atoms with E-state index in [2.05, 4.69) is 5.32 Å². The Kier molecular flexibility index (Phi) is 4.13. The van der Waals surface area contributed by atoms with E-state index in [-0.39, 0.29) is 12.0 Å². The molecule has 1 aliphatic rings. The quantitative estimate of drug-likeness (QED) is 0.722. The van der Waals surface area contributed by atoms with Crippen molar-refractivity contribution in [3.63, 3.8) is 0 Å². The maximum atomic E-state index is 11.9. The lowest BCUT2D eigenvalue weighted by atomic mass is 10.1. The van der Waals surface area contributed by atoms with Gasteiger partial charge in [-0.25, -0.2) is 0 Å². The van der Waals surface area contributed by atoms with Gasteiger partial charge < -0.3 is 21.5 Å². The first-order valence-corrected chi connectivity index (χ1v) is 6.16. The third-order valence-electron chi connectivity index (χ3n) is 3.10. The fourth-order valence-electron chi connectivity index (χ4n) is 2.01. The topological polar surface area (TPSA) is 107 Å². The molecule has 2 rings (SSSR count). The molecule has 0 aliphatic carbocycles. The minimum absolute atomic E-state index is 0.0343. The second kappa shape index (κ2) is 5.81. The summed E-state index contributed by atoms with van der Waals surface area (Å²) in [5.74, 6) is -0.689. The minimum Gasteiger partial charge on any atom is -0.366 e. The maximum Gasteiger partial charge on any atom is 0.253 e. The number of benzene rings is 1. The largest absolute Gasteiger partial charge is 0.366 e. The molecule has 1 aliphatic heterocycles. The second-order valence-electron chi connectivity index (χ2n) is 4.49. The van der Waals surface area contributed by atoms with E-state index in [9.17, 15) is 9.59 Å². The maximum absolute atomic E-state index is 11.9. The number of carbonyl (C=O) groups is 2. The Labute approximate surface area is 111 Å².